The second-order valence-corrected chi connectivity index (χ2v) is 3.94. The van der Waals surface area contributed by atoms with Crippen molar-refractivity contribution in [3.05, 3.63) is 29.8 Å². The van der Waals surface area contributed by atoms with Gasteiger partial charge in [0.25, 0.3) is 0 Å². The molecule has 0 aliphatic rings. The van der Waals surface area contributed by atoms with Gasteiger partial charge >= 0.3 is 12.0 Å². The van der Waals surface area contributed by atoms with E-state index in [1.54, 1.807) is 18.2 Å². The molecule has 2 amide bonds. The van der Waals surface area contributed by atoms with E-state index in [2.05, 4.69) is 16.0 Å². The van der Waals surface area contributed by atoms with E-state index in [0.29, 0.717) is 12.2 Å². The van der Waals surface area contributed by atoms with Crippen LogP contribution in [0.2, 0.25) is 0 Å². The molecule has 0 fully saturated rings. The molecule has 0 heterocycles. The number of hydrogen-bond donors (Lipinski definition) is 4. The Labute approximate surface area is 112 Å². The van der Waals surface area contributed by atoms with Gasteiger partial charge in [-0.15, -0.1) is 0 Å². The summed E-state index contributed by atoms with van der Waals surface area (Å²) in [5, 5.41) is 17.3. The molecule has 4 N–H and O–H groups in total. The fraction of sp³-hybridized carbons (Fsp3) is 0.385. The third kappa shape index (κ3) is 5.39. The number of carbonyl (C=O) groups excluding carboxylic acids is 1. The van der Waals surface area contributed by atoms with Gasteiger partial charge in [-0.1, -0.05) is 19.1 Å². The third-order valence-electron chi connectivity index (χ3n) is 2.47. The Hall–Kier alpha value is -2.08. The lowest BCUT2D eigenvalue weighted by Crippen LogP contribution is -2.31. The quantitative estimate of drug-likeness (QED) is 0.562. The van der Waals surface area contributed by atoms with Gasteiger partial charge in [0.1, 0.15) is 0 Å². The maximum absolute atomic E-state index is 11.6. The van der Waals surface area contributed by atoms with Crippen LogP contribution < -0.4 is 16.0 Å². The Bertz CT molecular complexity index is 435. The molecule has 19 heavy (non-hydrogen) atoms. The maximum Gasteiger partial charge on any atom is 0.337 e. The number of para-hydroxylation sites is 1. The molecule has 6 nitrogen and oxygen atoms in total. The highest BCUT2D eigenvalue weighted by atomic mass is 16.4. The highest BCUT2D eigenvalue weighted by Gasteiger charge is 2.10. The van der Waals surface area contributed by atoms with Crippen LogP contribution in [0.5, 0.6) is 0 Å². The lowest BCUT2D eigenvalue weighted by atomic mass is 10.2. The minimum absolute atomic E-state index is 0.0744. The van der Waals surface area contributed by atoms with E-state index in [9.17, 15) is 9.59 Å². The van der Waals surface area contributed by atoms with E-state index >= 15 is 0 Å². The lowest BCUT2D eigenvalue weighted by molar-refractivity contribution is 0.0698. The summed E-state index contributed by atoms with van der Waals surface area (Å²) in [5.41, 5.74) is 0.365. The Balaban J connectivity index is 2.42. The molecule has 1 rings (SSSR count). The smallest absolute Gasteiger partial charge is 0.337 e. The van der Waals surface area contributed by atoms with Crippen LogP contribution in [0.3, 0.4) is 0 Å². The Morgan fingerprint density at radius 1 is 1.21 bits per heavy atom. The number of carbonyl (C=O) groups is 2. The first-order chi connectivity index (χ1) is 9.15. The standard InChI is InChI=1S/C13H19N3O3/c1-2-14-8-5-9-15-13(19)16-11-7-4-3-6-10(11)12(17)18/h3-4,6-7,14H,2,5,8-9H2,1H3,(H,17,18)(H2,15,16,19). The predicted octanol–water partition coefficient (Wildman–Crippen LogP) is 1.51. The molecular formula is C13H19N3O3. The van der Waals surface area contributed by atoms with Crippen LogP contribution in [-0.2, 0) is 0 Å². The molecule has 0 saturated carbocycles. The molecule has 6 heteroatoms. The van der Waals surface area contributed by atoms with Crippen molar-refractivity contribution in [2.24, 2.45) is 0 Å². The molecule has 104 valence electrons. The number of amides is 2. The summed E-state index contributed by atoms with van der Waals surface area (Å²) < 4.78 is 0. The normalized spacial score (nSPS) is 9.95. The number of urea groups is 1. The van der Waals surface area contributed by atoms with Gasteiger partial charge in [-0.3, -0.25) is 0 Å². The van der Waals surface area contributed by atoms with E-state index in [4.69, 9.17) is 5.11 Å². The summed E-state index contributed by atoms with van der Waals surface area (Å²) in [5.74, 6) is -1.07. The number of hydrogen-bond acceptors (Lipinski definition) is 3. The van der Waals surface area contributed by atoms with Gasteiger partial charge < -0.3 is 21.1 Å². The van der Waals surface area contributed by atoms with E-state index in [1.165, 1.54) is 6.07 Å². The summed E-state index contributed by atoms with van der Waals surface area (Å²) >= 11 is 0. The molecule has 0 saturated heterocycles. The summed E-state index contributed by atoms with van der Waals surface area (Å²) in [6.07, 6.45) is 0.821. The van der Waals surface area contributed by atoms with Crippen LogP contribution in [0.25, 0.3) is 0 Å². The van der Waals surface area contributed by atoms with Crippen molar-refractivity contribution in [2.75, 3.05) is 25.0 Å². The summed E-state index contributed by atoms with van der Waals surface area (Å²) in [6.45, 7) is 4.29. The lowest BCUT2D eigenvalue weighted by Gasteiger charge is -2.09. The van der Waals surface area contributed by atoms with Crippen molar-refractivity contribution in [1.82, 2.24) is 10.6 Å². The molecule has 0 atom stereocenters. The molecule has 0 aliphatic carbocycles. The van der Waals surface area contributed by atoms with Crippen LogP contribution in [0, 0.1) is 0 Å². The molecule has 0 unspecified atom stereocenters. The molecule has 0 bridgehead atoms. The van der Waals surface area contributed by atoms with Gasteiger partial charge in [-0.05, 0) is 31.6 Å². The average molecular weight is 265 g/mol. The van der Waals surface area contributed by atoms with Gasteiger partial charge in [0.2, 0.25) is 0 Å². The molecule has 0 aromatic heterocycles. The van der Waals surface area contributed by atoms with E-state index in [1.807, 2.05) is 6.92 Å². The SMILES string of the molecule is CCNCCCNC(=O)Nc1ccccc1C(=O)O. The number of rotatable bonds is 7. The number of carboxylic acids is 1. The maximum atomic E-state index is 11.6. The van der Waals surface area contributed by atoms with Crippen molar-refractivity contribution in [3.8, 4) is 0 Å². The number of nitrogens with one attached hydrogen (secondary N) is 3. The Morgan fingerprint density at radius 2 is 1.95 bits per heavy atom. The second kappa shape index (κ2) is 8.10. The monoisotopic (exact) mass is 265 g/mol. The molecule has 1 aromatic carbocycles. The summed E-state index contributed by atoms with van der Waals surface area (Å²) in [4.78, 5) is 22.5. The fourth-order valence-corrected chi connectivity index (χ4v) is 1.54. The fourth-order valence-electron chi connectivity index (χ4n) is 1.54. The van der Waals surface area contributed by atoms with Gasteiger partial charge in [0, 0.05) is 6.54 Å². The van der Waals surface area contributed by atoms with Gasteiger partial charge in [-0.2, -0.15) is 0 Å². The van der Waals surface area contributed by atoms with Crippen molar-refractivity contribution in [1.29, 1.82) is 0 Å². The minimum Gasteiger partial charge on any atom is -0.478 e. The topological polar surface area (TPSA) is 90.5 Å². The number of anilines is 1. The zero-order valence-electron chi connectivity index (χ0n) is 10.9. The number of benzene rings is 1. The second-order valence-electron chi connectivity index (χ2n) is 3.94. The molecule has 1 aromatic rings. The van der Waals surface area contributed by atoms with Crippen molar-refractivity contribution < 1.29 is 14.7 Å². The molecule has 0 spiro atoms. The van der Waals surface area contributed by atoms with Crippen LogP contribution in [-0.4, -0.2) is 36.7 Å². The largest absolute Gasteiger partial charge is 0.478 e. The summed E-state index contributed by atoms with van der Waals surface area (Å²) in [6, 6.07) is 5.89. The average Bonchev–Trinajstić information content (AvgIpc) is 2.39. The summed E-state index contributed by atoms with van der Waals surface area (Å²) in [7, 11) is 0. The predicted molar refractivity (Wildman–Crippen MR) is 73.6 cm³/mol. The number of aromatic carboxylic acids is 1. The first-order valence-electron chi connectivity index (χ1n) is 6.23. The van der Waals surface area contributed by atoms with Crippen LogP contribution in [0.1, 0.15) is 23.7 Å². The minimum atomic E-state index is -1.07. The zero-order chi connectivity index (χ0) is 14.1. The van der Waals surface area contributed by atoms with Gasteiger partial charge in [-0.25, -0.2) is 9.59 Å². The van der Waals surface area contributed by atoms with Crippen molar-refractivity contribution >= 4 is 17.7 Å². The third-order valence-corrected chi connectivity index (χ3v) is 2.47. The van der Waals surface area contributed by atoms with E-state index in [0.717, 1.165) is 19.5 Å². The highest BCUT2D eigenvalue weighted by molar-refractivity contribution is 5.99. The van der Waals surface area contributed by atoms with Gasteiger partial charge in [0.05, 0.1) is 11.3 Å². The number of carboxylic acid groups (broad SMARTS) is 1. The first kappa shape index (κ1) is 15.0. The van der Waals surface area contributed by atoms with Gasteiger partial charge in [0.15, 0.2) is 0 Å². The van der Waals surface area contributed by atoms with Crippen LogP contribution >= 0.6 is 0 Å². The van der Waals surface area contributed by atoms with E-state index in [-0.39, 0.29) is 5.56 Å². The molecule has 0 radical (unpaired) electrons. The van der Waals surface area contributed by atoms with Crippen molar-refractivity contribution in [3.63, 3.8) is 0 Å². The first-order valence-corrected chi connectivity index (χ1v) is 6.23. The van der Waals surface area contributed by atoms with Crippen LogP contribution in [0.4, 0.5) is 10.5 Å². The zero-order valence-corrected chi connectivity index (χ0v) is 10.9. The highest BCUT2D eigenvalue weighted by Crippen LogP contribution is 2.14. The molecular weight excluding hydrogens is 246 g/mol. The van der Waals surface area contributed by atoms with Crippen LogP contribution in [0.15, 0.2) is 24.3 Å². The molecule has 0 aliphatic heterocycles. The van der Waals surface area contributed by atoms with Crippen molar-refractivity contribution in [2.45, 2.75) is 13.3 Å². The Morgan fingerprint density at radius 3 is 2.63 bits per heavy atom. The van der Waals surface area contributed by atoms with E-state index < -0.39 is 12.0 Å². The Kier molecular flexibility index (Phi) is 6.38.